The molecule has 0 radical (unpaired) electrons. The molecule has 0 saturated carbocycles. The monoisotopic (exact) mass is 400 g/mol. The summed E-state index contributed by atoms with van der Waals surface area (Å²) >= 11 is 3.48. The summed E-state index contributed by atoms with van der Waals surface area (Å²) in [6, 6.07) is 13.2. The first-order valence-corrected chi connectivity index (χ1v) is 9.03. The van der Waals surface area contributed by atoms with E-state index < -0.39 is 5.92 Å². The summed E-state index contributed by atoms with van der Waals surface area (Å²) in [6.45, 7) is 0.549. The number of rotatable bonds is 3. The third kappa shape index (κ3) is 3.02. The highest BCUT2D eigenvalue weighted by Crippen LogP contribution is 2.38. The Hall–Kier alpha value is -2.34. The first-order valence-electron chi connectivity index (χ1n) is 8.24. The molecule has 0 fully saturated rings. The van der Waals surface area contributed by atoms with Crippen molar-refractivity contribution >= 4 is 33.4 Å². The number of benzene rings is 2. The first-order chi connectivity index (χ1) is 12.1. The van der Waals surface area contributed by atoms with Gasteiger partial charge in [0.1, 0.15) is 5.75 Å². The summed E-state index contributed by atoms with van der Waals surface area (Å²) < 4.78 is 6.58. The van der Waals surface area contributed by atoms with Crippen molar-refractivity contribution in [3.63, 3.8) is 0 Å². The maximum atomic E-state index is 12.6. The molecule has 2 atom stereocenters. The average Bonchev–Trinajstić information content (AvgIpc) is 2.92. The highest BCUT2D eigenvalue weighted by Gasteiger charge is 2.33. The van der Waals surface area contributed by atoms with Gasteiger partial charge in [0.15, 0.2) is 0 Å². The van der Waals surface area contributed by atoms with Gasteiger partial charge in [0.05, 0.1) is 23.0 Å². The molecule has 128 valence electrons. The van der Waals surface area contributed by atoms with Crippen LogP contribution in [0.15, 0.2) is 46.9 Å². The topological polar surface area (TPSA) is 67.4 Å². The predicted molar refractivity (Wildman–Crippen MR) is 97.6 cm³/mol. The number of para-hydroxylation sites is 2. The molecule has 2 aliphatic rings. The molecular formula is C19H17BrN2O3. The fraction of sp³-hybridized carbons (Fsp3) is 0.263. The highest BCUT2D eigenvalue weighted by atomic mass is 79.9. The minimum Gasteiger partial charge on any atom is -0.492 e. The van der Waals surface area contributed by atoms with Crippen LogP contribution >= 0.6 is 15.9 Å². The molecule has 0 spiro atoms. The van der Waals surface area contributed by atoms with Gasteiger partial charge in [0.25, 0.3) is 0 Å². The number of anilines is 1. The van der Waals surface area contributed by atoms with Gasteiger partial charge >= 0.3 is 0 Å². The van der Waals surface area contributed by atoms with Crippen molar-refractivity contribution in [2.45, 2.75) is 24.8 Å². The number of fused-ring (bicyclic) bond motifs is 2. The average molecular weight is 401 g/mol. The van der Waals surface area contributed by atoms with E-state index in [9.17, 15) is 9.59 Å². The highest BCUT2D eigenvalue weighted by molar-refractivity contribution is 9.10. The van der Waals surface area contributed by atoms with Crippen LogP contribution in [0, 0.1) is 0 Å². The van der Waals surface area contributed by atoms with Gasteiger partial charge < -0.3 is 15.4 Å². The van der Waals surface area contributed by atoms with Crippen molar-refractivity contribution in [3.05, 3.63) is 58.1 Å². The van der Waals surface area contributed by atoms with Crippen molar-refractivity contribution in [1.82, 2.24) is 5.32 Å². The Balaban J connectivity index is 1.49. The van der Waals surface area contributed by atoms with Crippen molar-refractivity contribution in [2.75, 3.05) is 11.9 Å². The standard InChI is InChI=1S/C19H17BrN2O3/c20-14-6-3-5-12-16(8-9-25-18(12)14)21-17(23)10-13-11-4-1-2-7-15(11)22-19(13)24/h1-7,13,16H,8-10H2,(H,21,23)(H,22,24)/t13-,16-/m0/s1. The molecule has 0 saturated heterocycles. The van der Waals surface area contributed by atoms with E-state index in [1.165, 1.54) is 0 Å². The van der Waals surface area contributed by atoms with E-state index in [0.29, 0.717) is 13.0 Å². The Kier molecular flexibility index (Phi) is 4.21. The molecule has 2 heterocycles. The van der Waals surface area contributed by atoms with E-state index in [2.05, 4.69) is 26.6 Å². The van der Waals surface area contributed by atoms with Crippen LogP contribution in [0.1, 0.15) is 35.9 Å². The second kappa shape index (κ2) is 6.52. The molecule has 0 aliphatic carbocycles. The number of halogens is 1. The lowest BCUT2D eigenvalue weighted by molar-refractivity contribution is -0.125. The quantitative estimate of drug-likeness (QED) is 0.827. The molecule has 2 N–H and O–H groups in total. The number of ether oxygens (including phenoxy) is 1. The molecule has 6 heteroatoms. The van der Waals surface area contributed by atoms with Gasteiger partial charge in [-0.3, -0.25) is 9.59 Å². The van der Waals surface area contributed by atoms with Crippen molar-refractivity contribution in [1.29, 1.82) is 0 Å². The Morgan fingerprint density at radius 3 is 2.88 bits per heavy atom. The van der Waals surface area contributed by atoms with Gasteiger partial charge in [-0.15, -0.1) is 0 Å². The molecule has 2 aliphatic heterocycles. The van der Waals surface area contributed by atoms with E-state index in [4.69, 9.17) is 4.74 Å². The lowest BCUT2D eigenvalue weighted by Gasteiger charge is -2.27. The summed E-state index contributed by atoms with van der Waals surface area (Å²) in [7, 11) is 0. The number of nitrogens with one attached hydrogen (secondary N) is 2. The fourth-order valence-electron chi connectivity index (χ4n) is 3.45. The van der Waals surface area contributed by atoms with E-state index >= 15 is 0 Å². The minimum atomic E-state index is -0.432. The van der Waals surface area contributed by atoms with Crippen LogP contribution in [-0.2, 0) is 9.59 Å². The van der Waals surface area contributed by atoms with Crippen LogP contribution in [-0.4, -0.2) is 18.4 Å². The van der Waals surface area contributed by atoms with Crippen LogP contribution in [0.3, 0.4) is 0 Å². The molecule has 0 bridgehead atoms. The number of carbonyl (C=O) groups excluding carboxylic acids is 2. The Bertz CT molecular complexity index is 852. The maximum Gasteiger partial charge on any atom is 0.232 e. The summed E-state index contributed by atoms with van der Waals surface area (Å²) in [5.41, 5.74) is 2.65. The van der Waals surface area contributed by atoms with Crippen LogP contribution in [0.4, 0.5) is 5.69 Å². The van der Waals surface area contributed by atoms with Crippen LogP contribution in [0.2, 0.25) is 0 Å². The lowest BCUT2D eigenvalue weighted by Crippen LogP contribution is -2.33. The molecule has 0 aromatic heterocycles. The number of hydrogen-bond acceptors (Lipinski definition) is 3. The van der Waals surface area contributed by atoms with Crippen molar-refractivity contribution in [2.24, 2.45) is 0 Å². The Morgan fingerprint density at radius 1 is 1.20 bits per heavy atom. The maximum absolute atomic E-state index is 12.6. The van der Waals surface area contributed by atoms with Gasteiger partial charge in [-0.05, 0) is 33.6 Å². The fourth-order valence-corrected chi connectivity index (χ4v) is 3.95. The molecule has 25 heavy (non-hydrogen) atoms. The smallest absolute Gasteiger partial charge is 0.232 e. The largest absolute Gasteiger partial charge is 0.492 e. The van der Waals surface area contributed by atoms with Gasteiger partial charge in [-0.25, -0.2) is 0 Å². The number of hydrogen-bond donors (Lipinski definition) is 2. The van der Waals surface area contributed by atoms with Gasteiger partial charge in [-0.1, -0.05) is 30.3 Å². The van der Waals surface area contributed by atoms with Crippen LogP contribution < -0.4 is 15.4 Å². The Labute approximate surface area is 153 Å². The zero-order chi connectivity index (χ0) is 17.4. The first kappa shape index (κ1) is 16.1. The zero-order valence-corrected chi connectivity index (χ0v) is 15.0. The summed E-state index contributed by atoms with van der Waals surface area (Å²) in [5.74, 6) is 0.0992. The van der Waals surface area contributed by atoms with Gasteiger partial charge in [0, 0.05) is 24.1 Å². The molecule has 2 amide bonds. The van der Waals surface area contributed by atoms with Crippen LogP contribution in [0.5, 0.6) is 5.75 Å². The molecule has 2 aromatic carbocycles. The van der Waals surface area contributed by atoms with Crippen molar-refractivity contribution < 1.29 is 14.3 Å². The lowest BCUT2D eigenvalue weighted by atomic mass is 9.95. The normalized spacial score (nSPS) is 20.9. The molecule has 5 nitrogen and oxygen atoms in total. The summed E-state index contributed by atoms with van der Waals surface area (Å²) in [6.07, 6.45) is 0.853. The van der Waals surface area contributed by atoms with E-state index in [-0.39, 0.29) is 24.3 Å². The van der Waals surface area contributed by atoms with Gasteiger partial charge in [-0.2, -0.15) is 0 Å². The number of carbonyl (C=O) groups is 2. The third-order valence-corrected chi connectivity index (χ3v) is 5.29. The molecule has 0 unspecified atom stereocenters. The summed E-state index contributed by atoms with van der Waals surface area (Å²) in [4.78, 5) is 24.8. The van der Waals surface area contributed by atoms with E-state index in [1.54, 1.807) is 0 Å². The second-order valence-electron chi connectivity index (χ2n) is 6.25. The predicted octanol–water partition coefficient (Wildman–Crippen LogP) is 3.51. The van der Waals surface area contributed by atoms with Crippen molar-refractivity contribution in [3.8, 4) is 5.75 Å². The second-order valence-corrected chi connectivity index (χ2v) is 7.10. The SMILES string of the molecule is O=C(C[C@@H]1C(=O)Nc2ccccc21)N[C@H]1CCOc2c(Br)cccc21. The molecule has 4 rings (SSSR count). The zero-order valence-electron chi connectivity index (χ0n) is 13.4. The van der Waals surface area contributed by atoms with E-state index in [1.807, 2.05) is 42.5 Å². The number of amides is 2. The Morgan fingerprint density at radius 2 is 2.00 bits per heavy atom. The summed E-state index contributed by atoms with van der Waals surface area (Å²) in [5, 5.41) is 5.90. The minimum absolute atomic E-state index is 0.103. The molecular weight excluding hydrogens is 384 g/mol. The molecule has 2 aromatic rings. The van der Waals surface area contributed by atoms with Crippen LogP contribution in [0.25, 0.3) is 0 Å². The van der Waals surface area contributed by atoms with E-state index in [0.717, 1.165) is 27.0 Å². The van der Waals surface area contributed by atoms with Gasteiger partial charge in [0.2, 0.25) is 11.8 Å². The third-order valence-electron chi connectivity index (χ3n) is 4.66.